The average molecular weight is 346 g/mol. The summed E-state index contributed by atoms with van der Waals surface area (Å²) in [5.74, 6) is 0.294. The molecule has 134 valence electrons. The number of benzene rings is 2. The number of hydrogen-bond acceptors (Lipinski definition) is 4. The Hall–Kier alpha value is -2.76. The zero-order chi connectivity index (χ0) is 18.3. The van der Waals surface area contributed by atoms with Crippen molar-refractivity contribution in [2.24, 2.45) is 0 Å². The van der Waals surface area contributed by atoms with E-state index in [1.165, 1.54) is 12.1 Å². The normalized spacial score (nSPS) is 10.9. The van der Waals surface area contributed by atoms with Gasteiger partial charge in [0.15, 0.2) is 6.73 Å². The van der Waals surface area contributed by atoms with Gasteiger partial charge in [0.25, 0.3) is 0 Å². The fraction of sp³-hybridized carbons (Fsp3) is 0.316. The number of anilines is 1. The predicted molar refractivity (Wildman–Crippen MR) is 95.0 cm³/mol. The average Bonchev–Trinajstić information content (AvgIpc) is 2.54. The number of nitrogens with one attached hydrogen (secondary N) is 2. The van der Waals surface area contributed by atoms with Crippen molar-refractivity contribution in [1.29, 1.82) is 0 Å². The van der Waals surface area contributed by atoms with E-state index in [2.05, 4.69) is 10.6 Å². The van der Waals surface area contributed by atoms with Crippen molar-refractivity contribution in [3.8, 4) is 5.75 Å². The summed E-state index contributed by atoms with van der Waals surface area (Å²) < 4.78 is 23.5. The Morgan fingerprint density at radius 1 is 1.04 bits per heavy atom. The van der Waals surface area contributed by atoms with Gasteiger partial charge in [-0.25, -0.2) is 9.18 Å². The lowest BCUT2D eigenvalue weighted by atomic mass is 10.2. The third-order valence-electron chi connectivity index (χ3n) is 3.12. The molecule has 0 aromatic heterocycles. The minimum atomic E-state index is -0.512. The van der Waals surface area contributed by atoms with E-state index in [0.29, 0.717) is 12.3 Å². The van der Waals surface area contributed by atoms with Gasteiger partial charge in [0.2, 0.25) is 0 Å². The van der Waals surface area contributed by atoms with Gasteiger partial charge in [0.05, 0.1) is 0 Å². The Kier molecular flexibility index (Phi) is 6.22. The van der Waals surface area contributed by atoms with Crippen LogP contribution in [-0.2, 0) is 11.3 Å². The van der Waals surface area contributed by atoms with Crippen LogP contribution in [0.2, 0.25) is 0 Å². The molecule has 25 heavy (non-hydrogen) atoms. The van der Waals surface area contributed by atoms with Crippen LogP contribution in [0.25, 0.3) is 0 Å². The quantitative estimate of drug-likeness (QED) is 0.766. The van der Waals surface area contributed by atoms with E-state index in [-0.39, 0.29) is 12.5 Å². The molecule has 0 unspecified atom stereocenters. The third kappa shape index (κ3) is 7.12. The second kappa shape index (κ2) is 8.37. The molecule has 0 aliphatic carbocycles. The summed E-state index contributed by atoms with van der Waals surface area (Å²) in [6.45, 7) is 6.12. The van der Waals surface area contributed by atoms with Crippen LogP contribution >= 0.6 is 0 Å². The lowest BCUT2D eigenvalue weighted by Gasteiger charge is -2.19. The number of alkyl carbamates (subject to hydrolysis) is 1. The molecular formula is C19H23FN2O3. The largest absolute Gasteiger partial charge is 0.473 e. The van der Waals surface area contributed by atoms with E-state index < -0.39 is 11.7 Å². The second-order valence-corrected chi connectivity index (χ2v) is 6.47. The van der Waals surface area contributed by atoms with Crippen LogP contribution in [0.4, 0.5) is 14.9 Å². The standard InChI is InChI=1S/C19H23FN2O3/c1-19(2,3)25-18(23)21-12-14-4-8-16(9-5-14)22-13-24-17-10-6-15(20)7-11-17/h4-11,22H,12-13H2,1-3H3,(H,21,23). The summed E-state index contributed by atoms with van der Waals surface area (Å²) in [4.78, 5) is 11.6. The Morgan fingerprint density at radius 3 is 2.28 bits per heavy atom. The molecule has 0 radical (unpaired) electrons. The van der Waals surface area contributed by atoms with Crippen LogP contribution in [0, 0.1) is 5.82 Å². The van der Waals surface area contributed by atoms with Gasteiger partial charge in [-0.1, -0.05) is 12.1 Å². The van der Waals surface area contributed by atoms with Gasteiger partial charge >= 0.3 is 6.09 Å². The molecule has 0 saturated carbocycles. The third-order valence-corrected chi connectivity index (χ3v) is 3.12. The van der Waals surface area contributed by atoms with Crippen molar-refractivity contribution in [3.63, 3.8) is 0 Å². The highest BCUT2D eigenvalue weighted by atomic mass is 19.1. The molecule has 0 saturated heterocycles. The summed E-state index contributed by atoms with van der Waals surface area (Å²) in [5, 5.41) is 5.81. The summed E-state index contributed by atoms with van der Waals surface area (Å²) in [6.07, 6.45) is -0.442. The van der Waals surface area contributed by atoms with Crippen LogP contribution in [0.3, 0.4) is 0 Å². The van der Waals surface area contributed by atoms with Gasteiger partial charge in [-0.15, -0.1) is 0 Å². The highest BCUT2D eigenvalue weighted by Gasteiger charge is 2.15. The number of ether oxygens (including phenoxy) is 2. The molecule has 0 fully saturated rings. The molecule has 2 N–H and O–H groups in total. The number of amides is 1. The minimum Gasteiger partial charge on any atom is -0.473 e. The summed E-state index contributed by atoms with van der Waals surface area (Å²) in [7, 11) is 0. The topological polar surface area (TPSA) is 59.6 Å². The van der Waals surface area contributed by atoms with Crippen LogP contribution in [0.1, 0.15) is 26.3 Å². The van der Waals surface area contributed by atoms with Crippen molar-refractivity contribution in [3.05, 3.63) is 59.9 Å². The monoisotopic (exact) mass is 346 g/mol. The Bertz CT molecular complexity index is 679. The van der Waals surface area contributed by atoms with Crippen molar-refractivity contribution < 1.29 is 18.7 Å². The molecule has 0 bridgehead atoms. The number of halogens is 1. The molecule has 0 aliphatic heterocycles. The van der Waals surface area contributed by atoms with E-state index in [0.717, 1.165) is 11.3 Å². The maximum atomic E-state index is 12.8. The van der Waals surface area contributed by atoms with Gasteiger partial charge in [-0.2, -0.15) is 0 Å². The number of hydrogen-bond donors (Lipinski definition) is 2. The summed E-state index contributed by atoms with van der Waals surface area (Å²) in [6, 6.07) is 13.4. The zero-order valence-electron chi connectivity index (χ0n) is 14.6. The van der Waals surface area contributed by atoms with Crippen molar-refractivity contribution >= 4 is 11.8 Å². The molecule has 5 nitrogen and oxygen atoms in total. The zero-order valence-corrected chi connectivity index (χ0v) is 14.6. The van der Waals surface area contributed by atoms with Gasteiger partial charge in [-0.3, -0.25) is 0 Å². The lowest BCUT2D eigenvalue weighted by molar-refractivity contribution is 0.0523. The molecule has 0 heterocycles. The predicted octanol–water partition coefficient (Wildman–Crippen LogP) is 4.30. The summed E-state index contributed by atoms with van der Waals surface area (Å²) >= 11 is 0. The summed E-state index contributed by atoms with van der Waals surface area (Å²) in [5.41, 5.74) is 1.32. The van der Waals surface area contributed by atoms with Crippen LogP contribution in [0.5, 0.6) is 5.75 Å². The van der Waals surface area contributed by atoms with Gasteiger partial charge in [0.1, 0.15) is 17.2 Å². The Labute approximate surface area is 147 Å². The molecule has 2 rings (SSSR count). The molecule has 0 spiro atoms. The fourth-order valence-electron chi connectivity index (χ4n) is 1.96. The first-order valence-electron chi connectivity index (χ1n) is 8.00. The molecule has 2 aromatic carbocycles. The Balaban J connectivity index is 1.74. The SMILES string of the molecule is CC(C)(C)OC(=O)NCc1ccc(NCOc2ccc(F)cc2)cc1. The van der Waals surface area contributed by atoms with E-state index in [1.54, 1.807) is 12.1 Å². The van der Waals surface area contributed by atoms with Crippen molar-refractivity contribution in [2.75, 3.05) is 12.0 Å². The second-order valence-electron chi connectivity index (χ2n) is 6.47. The van der Waals surface area contributed by atoms with E-state index in [9.17, 15) is 9.18 Å². The number of rotatable bonds is 6. The molecule has 0 atom stereocenters. The maximum absolute atomic E-state index is 12.8. The van der Waals surface area contributed by atoms with Crippen molar-refractivity contribution in [2.45, 2.75) is 32.9 Å². The van der Waals surface area contributed by atoms with Crippen LogP contribution in [0.15, 0.2) is 48.5 Å². The number of carbonyl (C=O) groups excluding carboxylic acids is 1. The number of carbonyl (C=O) groups is 1. The first-order chi connectivity index (χ1) is 11.8. The maximum Gasteiger partial charge on any atom is 0.407 e. The van der Waals surface area contributed by atoms with E-state index in [4.69, 9.17) is 9.47 Å². The van der Waals surface area contributed by atoms with Crippen LogP contribution in [-0.4, -0.2) is 18.4 Å². The lowest BCUT2D eigenvalue weighted by Crippen LogP contribution is -2.32. The molecule has 2 aromatic rings. The molecule has 1 amide bonds. The van der Waals surface area contributed by atoms with Gasteiger partial charge < -0.3 is 20.1 Å². The molecule has 0 aliphatic rings. The van der Waals surface area contributed by atoms with Gasteiger partial charge in [0, 0.05) is 12.2 Å². The van der Waals surface area contributed by atoms with Gasteiger partial charge in [-0.05, 0) is 62.7 Å². The highest BCUT2D eigenvalue weighted by Crippen LogP contribution is 2.13. The fourth-order valence-corrected chi connectivity index (χ4v) is 1.96. The van der Waals surface area contributed by atoms with E-state index in [1.807, 2.05) is 45.0 Å². The highest BCUT2D eigenvalue weighted by molar-refractivity contribution is 5.67. The minimum absolute atomic E-state index is 0.265. The first kappa shape index (κ1) is 18.6. The van der Waals surface area contributed by atoms with Crippen LogP contribution < -0.4 is 15.4 Å². The van der Waals surface area contributed by atoms with E-state index >= 15 is 0 Å². The molecular weight excluding hydrogens is 323 g/mol. The first-order valence-corrected chi connectivity index (χ1v) is 8.00. The molecule has 6 heteroatoms. The van der Waals surface area contributed by atoms with Crippen molar-refractivity contribution in [1.82, 2.24) is 5.32 Å². The Morgan fingerprint density at radius 2 is 1.68 bits per heavy atom. The smallest absolute Gasteiger partial charge is 0.407 e.